The Hall–Kier alpha value is -0.0800. The first-order valence-electron chi connectivity index (χ1n) is 6.71. The quantitative estimate of drug-likeness (QED) is 0.723. The molecule has 0 aliphatic heterocycles. The van der Waals surface area contributed by atoms with Crippen molar-refractivity contribution in [2.75, 3.05) is 0 Å². The smallest absolute Gasteiger partial charge is 0.0206 e. The van der Waals surface area contributed by atoms with Gasteiger partial charge in [0, 0.05) is 17.1 Å². The molecule has 4 bridgehead atoms. The highest BCUT2D eigenvalue weighted by atomic mass is 15.1. The van der Waals surface area contributed by atoms with Crippen LogP contribution in [0.25, 0.3) is 0 Å². The third kappa shape index (κ3) is 1.38. The number of nitrogens with one attached hydrogen (secondary N) is 1. The molecule has 2 unspecified atom stereocenters. The summed E-state index contributed by atoms with van der Waals surface area (Å²) in [5.74, 6) is 1.89. The van der Waals surface area contributed by atoms with Crippen molar-refractivity contribution in [3.63, 3.8) is 0 Å². The second-order valence-electron chi connectivity index (χ2n) is 7.02. The Balaban J connectivity index is 1.64. The molecule has 0 saturated heterocycles. The van der Waals surface area contributed by atoms with E-state index in [0.717, 1.165) is 17.9 Å². The summed E-state index contributed by atoms with van der Waals surface area (Å²) in [7, 11) is 0. The Kier molecular flexibility index (Phi) is 1.56. The van der Waals surface area contributed by atoms with Crippen molar-refractivity contribution in [1.29, 1.82) is 0 Å². The van der Waals surface area contributed by atoms with Gasteiger partial charge in [-0.2, -0.15) is 0 Å². The van der Waals surface area contributed by atoms with Crippen LogP contribution in [0.3, 0.4) is 0 Å². The summed E-state index contributed by atoms with van der Waals surface area (Å²) in [4.78, 5) is 0. The van der Waals surface area contributed by atoms with E-state index in [2.05, 4.69) is 5.32 Å². The molecule has 0 amide bonds. The Labute approximate surface area is 92.0 Å². The van der Waals surface area contributed by atoms with E-state index in [0.29, 0.717) is 5.54 Å². The Morgan fingerprint density at radius 1 is 1.00 bits per heavy atom. The monoisotopic (exact) mass is 206 g/mol. The lowest BCUT2D eigenvalue weighted by molar-refractivity contribution is -0.0364. The standard InChI is InChI=1S/C13H22N2/c14-12-4-9-3-10(5-12)7-13(6-9,8-12)15-11-1-2-11/h9-11,15H,1-8,14H2. The molecule has 5 aliphatic carbocycles. The first kappa shape index (κ1) is 9.00. The average Bonchev–Trinajstić information content (AvgIpc) is 2.81. The second-order valence-corrected chi connectivity index (χ2v) is 7.02. The van der Waals surface area contributed by atoms with Crippen molar-refractivity contribution >= 4 is 0 Å². The third-order valence-corrected chi connectivity index (χ3v) is 5.19. The van der Waals surface area contributed by atoms with Crippen LogP contribution in [0, 0.1) is 11.8 Å². The molecule has 5 aliphatic rings. The molecular formula is C13H22N2. The molecule has 0 spiro atoms. The van der Waals surface area contributed by atoms with Gasteiger partial charge in [0.15, 0.2) is 0 Å². The molecule has 5 fully saturated rings. The van der Waals surface area contributed by atoms with Crippen LogP contribution >= 0.6 is 0 Å². The average molecular weight is 206 g/mol. The molecule has 3 N–H and O–H groups in total. The van der Waals surface area contributed by atoms with Gasteiger partial charge in [-0.1, -0.05) is 0 Å². The van der Waals surface area contributed by atoms with E-state index in [1.165, 1.54) is 51.4 Å². The van der Waals surface area contributed by atoms with Gasteiger partial charge in [-0.15, -0.1) is 0 Å². The molecule has 0 aromatic heterocycles. The molecule has 5 saturated carbocycles. The minimum absolute atomic E-state index is 0.214. The maximum absolute atomic E-state index is 6.56. The van der Waals surface area contributed by atoms with Crippen LogP contribution < -0.4 is 11.1 Å². The zero-order chi connectivity index (χ0) is 10.1. The highest BCUT2D eigenvalue weighted by molar-refractivity contribution is 5.15. The molecule has 15 heavy (non-hydrogen) atoms. The fraction of sp³-hybridized carbons (Fsp3) is 1.00. The molecule has 5 rings (SSSR count). The molecular weight excluding hydrogens is 184 g/mol. The minimum atomic E-state index is 0.214. The van der Waals surface area contributed by atoms with E-state index in [-0.39, 0.29) is 5.54 Å². The van der Waals surface area contributed by atoms with Crippen LogP contribution in [-0.4, -0.2) is 17.1 Å². The molecule has 2 nitrogen and oxygen atoms in total. The highest BCUT2D eigenvalue weighted by Gasteiger charge is 2.56. The molecule has 0 radical (unpaired) electrons. The SMILES string of the molecule is NC12CC3CC(C1)CC(NC1CC1)(C3)C2. The number of rotatable bonds is 2. The molecule has 84 valence electrons. The van der Waals surface area contributed by atoms with Gasteiger partial charge in [-0.3, -0.25) is 0 Å². The lowest BCUT2D eigenvalue weighted by atomic mass is 9.50. The maximum atomic E-state index is 6.56. The van der Waals surface area contributed by atoms with Crippen LogP contribution in [0.4, 0.5) is 0 Å². The minimum Gasteiger partial charge on any atom is -0.325 e. The van der Waals surface area contributed by atoms with E-state index >= 15 is 0 Å². The van der Waals surface area contributed by atoms with Crippen molar-refractivity contribution in [3.8, 4) is 0 Å². The Morgan fingerprint density at radius 3 is 2.20 bits per heavy atom. The van der Waals surface area contributed by atoms with E-state index in [9.17, 15) is 0 Å². The largest absolute Gasteiger partial charge is 0.325 e. The van der Waals surface area contributed by atoms with E-state index in [1.807, 2.05) is 0 Å². The normalized spacial score (nSPS) is 57.4. The van der Waals surface area contributed by atoms with Crippen molar-refractivity contribution in [1.82, 2.24) is 5.32 Å². The number of hydrogen-bond acceptors (Lipinski definition) is 2. The summed E-state index contributed by atoms with van der Waals surface area (Å²) in [6.45, 7) is 0. The molecule has 2 atom stereocenters. The van der Waals surface area contributed by atoms with E-state index < -0.39 is 0 Å². The summed E-state index contributed by atoms with van der Waals surface area (Å²) < 4.78 is 0. The fourth-order valence-corrected chi connectivity index (χ4v) is 5.16. The molecule has 0 aromatic rings. The molecule has 0 aromatic carbocycles. The summed E-state index contributed by atoms with van der Waals surface area (Å²) in [6.07, 6.45) is 11.1. The van der Waals surface area contributed by atoms with Gasteiger partial charge in [-0.25, -0.2) is 0 Å². The van der Waals surface area contributed by atoms with Crippen LogP contribution in [0.1, 0.15) is 51.4 Å². The lowest BCUT2D eigenvalue weighted by Gasteiger charge is -2.61. The topological polar surface area (TPSA) is 38.0 Å². The predicted octanol–water partition coefficient (Wildman–Crippen LogP) is 1.79. The Bertz CT molecular complexity index is 275. The van der Waals surface area contributed by atoms with Gasteiger partial charge in [0.25, 0.3) is 0 Å². The maximum Gasteiger partial charge on any atom is 0.0206 e. The van der Waals surface area contributed by atoms with Crippen LogP contribution in [0.2, 0.25) is 0 Å². The zero-order valence-corrected chi connectivity index (χ0v) is 9.47. The van der Waals surface area contributed by atoms with Crippen LogP contribution in [0.5, 0.6) is 0 Å². The summed E-state index contributed by atoms with van der Waals surface area (Å²) in [5.41, 5.74) is 7.25. The predicted molar refractivity (Wildman–Crippen MR) is 60.5 cm³/mol. The van der Waals surface area contributed by atoms with Gasteiger partial charge in [-0.05, 0) is 63.2 Å². The lowest BCUT2D eigenvalue weighted by Crippen LogP contribution is -2.67. The van der Waals surface area contributed by atoms with Crippen molar-refractivity contribution in [2.45, 2.75) is 68.5 Å². The van der Waals surface area contributed by atoms with Gasteiger partial charge >= 0.3 is 0 Å². The van der Waals surface area contributed by atoms with E-state index in [1.54, 1.807) is 0 Å². The van der Waals surface area contributed by atoms with Gasteiger partial charge < -0.3 is 11.1 Å². The zero-order valence-electron chi connectivity index (χ0n) is 9.47. The number of hydrogen-bond donors (Lipinski definition) is 2. The van der Waals surface area contributed by atoms with Gasteiger partial charge in [0.05, 0.1) is 0 Å². The van der Waals surface area contributed by atoms with Crippen LogP contribution in [-0.2, 0) is 0 Å². The first-order chi connectivity index (χ1) is 7.15. The first-order valence-corrected chi connectivity index (χ1v) is 6.71. The summed E-state index contributed by atoms with van der Waals surface area (Å²) in [6, 6.07) is 0.852. The highest BCUT2D eigenvalue weighted by Crippen LogP contribution is 2.57. The summed E-state index contributed by atoms with van der Waals surface area (Å²) >= 11 is 0. The summed E-state index contributed by atoms with van der Waals surface area (Å²) in [5, 5.41) is 3.94. The molecule has 0 heterocycles. The second kappa shape index (κ2) is 2.60. The Morgan fingerprint density at radius 2 is 1.67 bits per heavy atom. The van der Waals surface area contributed by atoms with Gasteiger partial charge in [0.1, 0.15) is 0 Å². The fourth-order valence-electron chi connectivity index (χ4n) is 5.16. The van der Waals surface area contributed by atoms with Crippen molar-refractivity contribution in [2.24, 2.45) is 17.6 Å². The number of nitrogens with two attached hydrogens (primary N) is 1. The third-order valence-electron chi connectivity index (χ3n) is 5.19. The van der Waals surface area contributed by atoms with E-state index in [4.69, 9.17) is 5.73 Å². The van der Waals surface area contributed by atoms with Crippen molar-refractivity contribution < 1.29 is 0 Å². The van der Waals surface area contributed by atoms with Crippen LogP contribution in [0.15, 0.2) is 0 Å². The van der Waals surface area contributed by atoms with Gasteiger partial charge in [0.2, 0.25) is 0 Å². The van der Waals surface area contributed by atoms with Crippen molar-refractivity contribution in [3.05, 3.63) is 0 Å². The molecule has 2 heteroatoms.